The van der Waals surface area contributed by atoms with Gasteiger partial charge in [0.1, 0.15) is 0 Å². The first-order chi connectivity index (χ1) is 13.8. The Balaban J connectivity index is 1.58. The SMILES string of the molecule is Cc1cc(C)cc(S(=O)(=O)N2CCC(n3cnc4c(C)cccc4c3=O)CC2)c1. The highest BCUT2D eigenvalue weighted by molar-refractivity contribution is 7.89. The maximum absolute atomic E-state index is 13.1. The molecule has 0 atom stereocenters. The summed E-state index contributed by atoms with van der Waals surface area (Å²) in [5.74, 6) is 0. The lowest BCUT2D eigenvalue weighted by Gasteiger charge is -2.32. The van der Waals surface area contributed by atoms with Crippen molar-refractivity contribution in [2.24, 2.45) is 0 Å². The minimum Gasteiger partial charge on any atom is -0.296 e. The number of hydrogen-bond acceptors (Lipinski definition) is 4. The molecule has 0 aliphatic carbocycles. The van der Waals surface area contributed by atoms with Crippen molar-refractivity contribution in [2.75, 3.05) is 13.1 Å². The van der Waals surface area contributed by atoms with Crippen LogP contribution in [0.4, 0.5) is 0 Å². The van der Waals surface area contributed by atoms with E-state index < -0.39 is 10.0 Å². The van der Waals surface area contributed by atoms with E-state index in [2.05, 4.69) is 4.98 Å². The maximum atomic E-state index is 13.1. The molecule has 4 rings (SSSR count). The van der Waals surface area contributed by atoms with Gasteiger partial charge in [-0.3, -0.25) is 9.36 Å². The Morgan fingerprint density at radius 3 is 2.31 bits per heavy atom. The molecule has 3 aromatic rings. The molecule has 0 saturated carbocycles. The molecule has 1 aromatic heterocycles. The van der Waals surface area contributed by atoms with Crippen molar-refractivity contribution in [3.05, 3.63) is 69.8 Å². The lowest BCUT2D eigenvalue weighted by Crippen LogP contribution is -2.40. The topological polar surface area (TPSA) is 72.3 Å². The fraction of sp³-hybridized carbons (Fsp3) is 0.364. The number of fused-ring (bicyclic) bond motifs is 1. The highest BCUT2D eigenvalue weighted by Crippen LogP contribution is 2.27. The van der Waals surface area contributed by atoms with E-state index >= 15 is 0 Å². The molecule has 0 unspecified atom stereocenters. The van der Waals surface area contributed by atoms with Crippen LogP contribution in [0.25, 0.3) is 10.9 Å². The summed E-state index contributed by atoms with van der Waals surface area (Å²) >= 11 is 0. The van der Waals surface area contributed by atoms with Gasteiger partial charge in [-0.15, -0.1) is 0 Å². The average Bonchev–Trinajstić information content (AvgIpc) is 2.68. The number of benzene rings is 2. The van der Waals surface area contributed by atoms with Crippen molar-refractivity contribution in [1.29, 1.82) is 0 Å². The molecular formula is C22H25N3O3S. The van der Waals surface area contributed by atoms with Crippen LogP contribution < -0.4 is 5.56 Å². The maximum Gasteiger partial charge on any atom is 0.261 e. The van der Waals surface area contributed by atoms with Crippen molar-refractivity contribution in [3.8, 4) is 0 Å². The Kier molecular flexibility index (Phi) is 5.04. The minimum atomic E-state index is -3.53. The molecular weight excluding hydrogens is 386 g/mol. The summed E-state index contributed by atoms with van der Waals surface area (Å²) in [4.78, 5) is 17.8. The Morgan fingerprint density at radius 1 is 1.00 bits per heavy atom. The zero-order valence-electron chi connectivity index (χ0n) is 16.9. The zero-order chi connectivity index (χ0) is 20.8. The van der Waals surface area contributed by atoms with E-state index in [-0.39, 0.29) is 11.6 Å². The number of aromatic nitrogens is 2. The Hall–Kier alpha value is -2.51. The summed E-state index contributed by atoms with van der Waals surface area (Å²) in [6, 6.07) is 11.0. The van der Waals surface area contributed by atoms with Crippen LogP contribution in [-0.4, -0.2) is 35.4 Å². The number of para-hydroxylation sites is 1. The first-order valence-electron chi connectivity index (χ1n) is 9.82. The van der Waals surface area contributed by atoms with Gasteiger partial charge in [0, 0.05) is 19.1 Å². The van der Waals surface area contributed by atoms with Gasteiger partial charge in [-0.2, -0.15) is 4.31 Å². The molecule has 1 aliphatic heterocycles. The average molecular weight is 412 g/mol. The third-order valence-corrected chi connectivity index (χ3v) is 7.54. The third-order valence-electron chi connectivity index (χ3n) is 5.66. The molecule has 0 amide bonds. The highest BCUT2D eigenvalue weighted by atomic mass is 32.2. The molecule has 7 heteroatoms. The van der Waals surface area contributed by atoms with Crippen molar-refractivity contribution in [1.82, 2.24) is 13.9 Å². The molecule has 0 bridgehead atoms. The van der Waals surface area contributed by atoms with Gasteiger partial charge in [0.2, 0.25) is 10.0 Å². The number of sulfonamides is 1. The fourth-order valence-corrected chi connectivity index (χ4v) is 5.83. The van der Waals surface area contributed by atoms with Crippen LogP contribution in [0.2, 0.25) is 0 Å². The lowest BCUT2D eigenvalue weighted by atomic mass is 10.1. The molecule has 1 fully saturated rings. The Morgan fingerprint density at radius 2 is 1.66 bits per heavy atom. The smallest absolute Gasteiger partial charge is 0.261 e. The van der Waals surface area contributed by atoms with Gasteiger partial charge in [-0.25, -0.2) is 13.4 Å². The standard InChI is InChI=1S/C22H25N3O3S/c1-15-11-16(2)13-19(12-15)29(27,28)24-9-7-18(8-10-24)25-14-23-21-17(3)5-4-6-20(21)22(25)26/h4-6,11-14,18H,7-10H2,1-3H3. The summed E-state index contributed by atoms with van der Waals surface area (Å²) in [5, 5.41) is 0.609. The summed E-state index contributed by atoms with van der Waals surface area (Å²) in [6.07, 6.45) is 2.78. The molecule has 6 nitrogen and oxygen atoms in total. The van der Waals surface area contributed by atoms with Gasteiger partial charge in [0.25, 0.3) is 5.56 Å². The first kappa shape index (κ1) is 19.8. The van der Waals surface area contributed by atoms with E-state index in [1.165, 1.54) is 4.31 Å². The largest absolute Gasteiger partial charge is 0.296 e. The van der Waals surface area contributed by atoms with Crippen LogP contribution in [0.3, 0.4) is 0 Å². The first-order valence-corrected chi connectivity index (χ1v) is 11.3. The number of rotatable bonds is 3. The quantitative estimate of drug-likeness (QED) is 0.663. The normalized spacial score (nSPS) is 16.4. The van der Waals surface area contributed by atoms with Gasteiger partial charge in [-0.1, -0.05) is 18.2 Å². The summed E-state index contributed by atoms with van der Waals surface area (Å²) in [5.41, 5.74) is 3.50. The number of hydrogen-bond donors (Lipinski definition) is 0. The summed E-state index contributed by atoms with van der Waals surface area (Å²) in [6.45, 7) is 6.52. The number of piperidine rings is 1. The van der Waals surface area contributed by atoms with E-state index in [0.717, 1.165) is 22.2 Å². The lowest BCUT2D eigenvalue weighted by molar-refractivity contribution is 0.269. The van der Waals surface area contributed by atoms with Crippen LogP contribution in [0.15, 0.2) is 52.4 Å². The predicted molar refractivity (Wildman–Crippen MR) is 114 cm³/mol. The van der Waals surface area contributed by atoms with Gasteiger partial charge in [0.15, 0.2) is 0 Å². The molecule has 152 valence electrons. The fourth-order valence-electron chi connectivity index (χ4n) is 4.17. The van der Waals surface area contributed by atoms with E-state index in [1.54, 1.807) is 29.1 Å². The predicted octanol–water partition coefficient (Wildman–Crippen LogP) is 3.35. The summed E-state index contributed by atoms with van der Waals surface area (Å²) in [7, 11) is -3.53. The van der Waals surface area contributed by atoms with Crippen LogP contribution in [0, 0.1) is 20.8 Å². The van der Waals surface area contributed by atoms with Crippen LogP contribution >= 0.6 is 0 Å². The second-order valence-corrected chi connectivity index (χ2v) is 9.82. The van der Waals surface area contributed by atoms with Gasteiger partial charge in [-0.05, 0) is 68.5 Å². The van der Waals surface area contributed by atoms with Gasteiger partial charge in [0.05, 0.1) is 22.1 Å². The van der Waals surface area contributed by atoms with Gasteiger partial charge < -0.3 is 0 Å². The molecule has 1 saturated heterocycles. The second kappa shape index (κ2) is 7.39. The van der Waals surface area contributed by atoms with E-state index in [0.29, 0.717) is 36.2 Å². The number of aryl methyl sites for hydroxylation is 3. The molecule has 29 heavy (non-hydrogen) atoms. The van der Waals surface area contributed by atoms with E-state index in [9.17, 15) is 13.2 Å². The molecule has 0 radical (unpaired) electrons. The molecule has 1 aliphatic rings. The third kappa shape index (κ3) is 3.60. The summed E-state index contributed by atoms with van der Waals surface area (Å²) < 4.78 is 29.3. The Bertz CT molecular complexity index is 1220. The molecule has 2 aromatic carbocycles. The molecule has 0 N–H and O–H groups in total. The monoisotopic (exact) mass is 411 g/mol. The zero-order valence-corrected chi connectivity index (χ0v) is 17.7. The molecule has 2 heterocycles. The van der Waals surface area contributed by atoms with Crippen LogP contribution in [0.1, 0.15) is 35.6 Å². The van der Waals surface area contributed by atoms with Crippen molar-refractivity contribution in [2.45, 2.75) is 44.6 Å². The Labute approximate surface area is 170 Å². The van der Waals surface area contributed by atoms with Crippen molar-refractivity contribution >= 4 is 20.9 Å². The van der Waals surface area contributed by atoms with Gasteiger partial charge >= 0.3 is 0 Å². The van der Waals surface area contributed by atoms with E-state index in [4.69, 9.17) is 0 Å². The van der Waals surface area contributed by atoms with Crippen molar-refractivity contribution < 1.29 is 8.42 Å². The van der Waals surface area contributed by atoms with Crippen LogP contribution in [-0.2, 0) is 10.0 Å². The highest BCUT2D eigenvalue weighted by Gasteiger charge is 2.30. The minimum absolute atomic E-state index is 0.0504. The van der Waals surface area contributed by atoms with Crippen LogP contribution in [0.5, 0.6) is 0 Å². The molecule has 0 spiro atoms. The van der Waals surface area contributed by atoms with E-state index in [1.807, 2.05) is 39.0 Å². The van der Waals surface area contributed by atoms with Crippen molar-refractivity contribution in [3.63, 3.8) is 0 Å². The number of nitrogens with zero attached hydrogens (tertiary/aromatic N) is 3. The second-order valence-electron chi connectivity index (χ2n) is 7.89.